The molecule has 5 N–H and O–H groups in total. The summed E-state index contributed by atoms with van der Waals surface area (Å²) in [7, 11) is 1.44. The molecule has 0 amide bonds. The van der Waals surface area contributed by atoms with Crippen LogP contribution in [0.15, 0.2) is 0 Å². The zero-order chi connectivity index (χ0) is 18.0. The fourth-order valence-corrected chi connectivity index (χ4v) is 3.17. The lowest BCUT2D eigenvalue weighted by atomic mass is 9.90. The molecule has 0 aromatic heterocycles. The molecule has 9 nitrogen and oxygen atoms in total. The summed E-state index contributed by atoms with van der Waals surface area (Å²) in [6, 6.07) is 0. The van der Waals surface area contributed by atoms with E-state index in [1.807, 2.05) is 0 Å². The Morgan fingerprint density at radius 1 is 0.792 bits per heavy atom. The fourth-order valence-electron chi connectivity index (χ4n) is 3.17. The third kappa shape index (κ3) is 3.74. The van der Waals surface area contributed by atoms with Gasteiger partial charge in [0.1, 0.15) is 24.4 Å². The summed E-state index contributed by atoms with van der Waals surface area (Å²) in [6.07, 6.45) is -7.79. The van der Waals surface area contributed by atoms with E-state index in [4.69, 9.17) is 18.9 Å². The van der Waals surface area contributed by atoms with Crippen LogP contribution in [-0.4, -0.2) is 95.1 Å². The summed E-state index contributed by atoms with van der Waals surface area (Å²) in [4.78, 5) is 0. The van der Waals surface area contributed by atoms with E-state index in [2.05, 4.69) is 0 Å². The van der Waals surface area contributed by atoms with Gasteiger partial charge in [0.2, 0.25) is 0 Å². The van der Waals surface area contributed by atoms with Crippen molar-refractivity contribution >= 4 is 0 Å². The van der Waals surface area contributed by atoms with E-state index in [-0.39, 0.29) is 0 Å². The summed E-state index contributed by atoms with van der Waals surface area (Å²) < 4.78 is 22.0. The second kappa shape index (κ2) is 8.35. The van der Waals surface area contributed by atoms with Gasteiger partial charge in [0.15, 0.2) is 12.6 Å². The molecule has 0 aromatic rings. The van der Waals surface area contributed by atoms with Crippen LogP contribution in [0.3, 0.4) is 0 Å². The summed E-state index contributed by atoms with van der Waals surface area (Å²) in [6.45, 7) is 2.46. The first-order chi connectivity index (χ1) is 11.3. The third-order valence-electron chi connectivity index (χ3n) is 4.87. The number of aliphatic hydroxyl groups excluding tert-OH is 5. The van der Waals surface area contributed by atoms with Gasteiger partial charge in [-0.1, -0.05) is 13.8 Å². The smallest absolute Gasteiger partial charge is 0.163 e. The van der Waals surface area contributed by atoms with Gasteiger partial charge in [0.05, 0.1) is 25.4 Å². The van der Waals surface area contributed by atoms with Crippen molar-refractivity contribution < 1.29 is 44.5 Å². The largest absolute Gasteiger partial charge is 0.394 e. The summed E-state index contributed by atoms with van der Waals surface area (Å²) in [5.41, 5.74) is 0. The molecule has 0 bridgehead atoms. The average Bonchev–Trinajstić information content (AvgIpc) is 2.59. The van der Waals surface area contributed by atoms with Crippen LogP contribution in [0, 0.1) is 11.8 Å². The molecule has 0 aliphatic carbocycles. The van der Waals surface area contributed by atoms with Crippen molar-refractivity contribution in [2.75, 3.05) is 20.3 Å². The molecule has 24 heavy (non-hydrogen) atoms. The van der Waals surface area contributed by atoms with Gasteiger partial charge in [-0.25, -0.2) is 0 Å². The molecular formula is C15H28O9. The Labute approximate surface area is 140 Å². The molecule has 0 radical (unpaired) electrons. The van der Waals surface area contributed by atoms with Gasteiger partial charge in [0.25, 0.3) is 0 Å². The molecule has 2 aliphatic rings. The quantitative estimate of drug-likeness (QED) is 0.373. The van der Waals surface area contributed by atoms with Crippen LogP contribution in [0.2, 0.25) is 0 Å². The lowest BCUT2D eigenvalue weighted by Crippen LogP contribution is -2.61. The van der Waals surface area contributed by atoms with Crippen molar-refractivity contribution in [3.8, 4) is 0 Å². The second-order valence-corrected chi connectivity index (χ2v) is 6.48. The first kappa shape index (κ1) is 20.0. The highest BCUT2D eigenvalue weighted by Crippen LogP contribution is 2.33. The Balaban J connectivity index is 2.12. The van der Waals surface area contributed by atoms with E-state index in [0.717, 1.165) is 0 Å². The number of aliphatic hydroxyl groups is 5. The minimum absolute atomic E-state index is 0.399. The lowest BCUT2D eigenvalue weighted by Gasteiger charge is -2.46. The maximum atomic E-state index is 10.5. The molecule has 2 rings (SSSR count). The van der Waals surface area contributed by atoms with Gasteiger partial charge < -0.3 is 44.5 Å². The Morgan fingerprint density at radius 2 is 1.33 bits per heavy atom. The van der Waals surface area contributed by atoms with Crippen LogP contribution >= 0.6 is 0 Å². The second-order valence-electron chi connectivity index (χ2n) is 6.48. The number of rotatable bonds is 5. The van der Waals surface area contributed by atoms with Crippen molar-refractivity contribution in [1.29, 1.82) is 0 Å². The van der Waals surface area contributed by atoms with E-state index in [1.165, 1.54) is 7.11 Å². The minimum Gasteiger partial charge on any atom is -0.394 e. The number of ether oxygens (including phenoxy) is 4. The van der Waals surface area contributed by atoms with E-state index in [0.29, 0.717) is 0 Å². The maximum Gasteiger partial charge on any atom is 0.163 e. The van der Waals surface area contributed by atoms with Crippen molar-refractivity contribution in [2.45, 2.75) is 63.1 Å². The normalized spacial score (nSPS) is 50.0. The highest BCUT2D eigenvalue weighted by Gasteiger charge is 2.48. The Bertz CT molecular complexity index is 391. The first-order valence-electron chi connectivity index (χ1n) is 8.10. The molecule has 2 aliphatic heterocycles. The zero-order valence-electron chi connectivity index (χ0n) is 14.1. The molecule has 0 spiro atoms. The standard InChI is InChI=1S/C15H28O9/c1-6-10(18)12(20)8(4-16)22-15(6)24-13-9(5-17)23-14(21-3)7(2)11(13)19/h6-20H,4-5H2,1-3H3/t6?,7?,8?,9?,10-,11-,12+,13-,14?,15+/m1/s1. The van der Waals surface area contributed by atoms with E-state index >= 15 is 0 Å². The molecule has 5 unspecified atom stereocenters. The van der Waals surface area contributed by atoms with Crippen LogP contribution in [0.5, 0.6) is 0 Å². The highest BCUT2D eigenvalue weighted by molar-refractivity contribution is 4.91. The summed E-state index contributed by atoms with van der Waals surface area (Å²) in [5.74, 6) is -1.02. The Morgan fingerprint density at radius 3 is 1.88 bits per heavy atom. The Hall–Kier alpha value is -0.360. The molecule has 2 heterocycles. The van der Waals surface area contributed by atoms with Crippen molar-refractivity contribution in [2.24, 2.45) is 11.8 Å². The first-order valence-corrected chi connectivity index (χ1v) is 8.10. The van der Waals surface area contributed by atoms with Gasteiger partial charge in [-0.05, 0) is 0 Å². The van der Waals surface area contributed by atoms with Crippen molar-refractivity contribution in [3.63, 3.8) is 0 Å². The monoisotopic (exact) mass is 352 g/mol. The SMILES string of the molecule is COC1OC(CO)[C@@H](O[C@@H]2OC(CO)[C@H](O)[C@H](O)C2C)[C@H](O)C1C. The van der Waals surface area contributed by atoms with E-state index in [9.17, 15) is 25.5 Å². The maximum absolute atomic E-state index is 10.5. The zero-order valence-corrected chi connectivity index (χ0v) is 14.1. The molecule has 9 heteroatoms. The molecule has 0 saturated carbocycles. The molecule has 2 saturated heterocycles. The van der Waals surface area contributed by atoms with Gasteiger partial charge in [-0.2, -0.15) is 0 Å². The van der Waals surface area contributed by atoms with Crippen LogP contribution < -0.4 is 0 Å². The van der Waals surface area contributed by atoms with Crippen molar-refractivity contribution in [3.05, 3.63) is 0 Å². The molecular weight excluding hydrogens is 324 g/mol. The number of hydrogen-bond acceptors (Lipinski definition) is 9. The van der Waals surface area contributed by atoms with Crippen LogP contribution in [0.4, 0.5) is 0 Å². The molecule has 10 atom stereocenters. The van der Waals surface area contributed by atoms with Gasteiger partial charge in [-0.15, -0.1) is 0 Å². The summed E-state index contributed by atoms with van der Waals surface area (Å²) >= 11 is 0. The van der Waals surface area contributed by atoms with Gasteiger partial charge in [0, 0.05) is 18.9 Å². The predicted octanol–water partition coefficient (Wildman–Crippen LogP) is -2.19. The number of hydrogen-bond donors (Lipinski definition) is 5. The number of methoxy groups -OCH3 is 1. The summed E-state index contributed by atoms with van der Waals surface area (Å²) in [5, 5.41) is 49.2. The van der Waals surface area contributed by atoms with E-state index < -0.39 is 74.3 Å². The highest BCUT2D eigenvalue weighted by atomic mass is 16.7. The van der Waals surface area contributed by atoms with Crippen LogP contribution in [0.1, 0.15) is 13.8 Å². The van der Waals surface area contributed by atoms with E-state index in [1.54, 1.807) is 13.8 Å². The molecule has 142 valence electrons. The van der Waals surface area contributed by atoms with Gasteiger partial charge in [-0.3, -0.25) is 0 Å². The van der Waals surface area contributed by atoms with Crippen LogP contribution in [-0.2, 0) is 18.9 Å². The van der Waals surface area contributed by atoms with Crippen molar-refractivity contribution in [1.82, 2.24) is 0 Å². The lowest BCUT2D eigenvalue weighted by molar-refractivity contribution is -0.342. The minimum atomic E-state index is -1.23. The Kier molecular flexibility index (Phi) is 6.94. The van der Waals surface area contributed by atoms with Crippen LogP contribution in [0.25, 0.3) is 0 Å². The third-order valence-corrected chi connectivity index (χ3v) is 4.87. The fraction of sp³-hybridized carbons (Fsp3) is 1.00. The van der Waals surface area contributed by atoms with Gasteiger partial charge >= 0.3 is 0 Å². The molecule has 2 fully saturated rings. The molecule has 0 aromatic carbocycles. The topological polar surface area (TPSA) is 138 Å². The predicted molar refractivity (Wildman–Crippen MR) is 79.7 cm³/mol. The average molecular weight is 352 g/mol.